The Bertz CT molecular complexity index is 778. The van der Waals surface area contributed by atoms with Crippen LogP contribution in [0.1, 0.15) is 11.1 Å². The third-order valence-corrected chi connectivity index (χ3v) is 4.21. The van der Waals surface area contributed by atoms with E-state index in [9.17, 15) is 4.79 Å². The number of hydrogen-bond acceptors (Lipinski definition) is 5. The lowest BCUT2D eigenvalue weighted by Crippen LogP contribution is -2.17. The first-order valence-electron chi connectivity index (χ1n) is 7.47. The molecule has 0 aliphatic carbocycles. The van der Waals surface area contributed by atoms with Crippen molar-refractivity contribution in [2.75, 3.05) is 26.1 Å². The molecule has 0 unspecified atom stereocenters. The Morgan fingerprint density at radius 3 is 2.60 bits per heavy atom. The van der Waals surface area contributed by atoms with Crippen molar-refractivity contribution in [2.45, 2.75) is 6.92 Å². The number of ether oxygens (including phenoxy) is 2. The summed E-state index contributed by atoms with van der Waals surface area (Å²) in [5, 5.41) is 6.54. The number of methoxy groups -OCH3 is 2. The quantitative estimate of drug-likeness (QED) is 0.561. The highest BCUT2D eigenvalue weighted by Gasteiger charge is 2.05. The zero-order valence-corrected chi connectivity index (χ0v) is 15.8. The molecule has 0 aromatic heterocycles. The van der Waals surface area contributed by atoms with Crippen molar-refractivity contribution in [1.29, 1.82) is 0 Å². The van der Waals surface area contributed by atoms with E-state index in [0.717, 1.165) is 15.6 Å². The number of nitrogens with one attached hydrogen (secondary N) is 1. The van der Waals surface area contributed by atoms with Crippen molar-refractivity contribution in [1.82, 2.24) is 0 Å². The van der Waals surface area contributed by atoms with Crippen LogP contribution in [0, 0.1) is 6.92 Å². The SMILES string of the molecule is COc1ccc(/C=N/OCC(=O)Nc2ccc(Br)c(C)c2)cc1OC. The van der Waals surface area contributed by atoms with Gasteiger partial charge in [0.25, 0.3) is 5.91 Å². The number of carbonyl (C=O) groups is 1. The highest BCUT2D eigenvalue weighted by atomic mass is 79.9. The van der Waals surface area contributed by atoms with Crippen molar-refractivity contribution in [2.24, 2.45) is 5.16 Å². The molecular weight excluding hydrogens is 388 g/mol. The third kappa shape index (κ3) is 5.49. The van der Waals surface area contributed by atoms with Gasteiger partial charge in [0.15, 0.2) is 18.1 Å². The molecule has 0 aliphatic heterocycles. The van der Waals surface area contributed by atoms with Gasteiger partial charge in [0.2, 0.25) is 0 Å². The predicted molar refractivity (Wildman–Crippen MR) is 101 cm³/mol. The lowest BCUT2D eigenvalue weighted by Gasteiger charge is -2.07. The zero-order chi connectivity index (χ0) is 18.2. The number of anilines is 1. The maximum absolute atomic E-state index is 11.8. The molecule has 0 aliphatic rings. The summed E-state index contributed by atoms with van der Waals surface area (Å²) < 4.78 is 11.4. The topological polar surface area (TPSA) is 69.2 Å². The molecule has 0 heterocycles. The molecule has 0 radical (unpaired) electrons. The van der Waals surface area contributed by atoms with E-state index >= 15 is 0 Å². The summed E-state index contributed by atoms with van der Waals surface area (Å²) in [7, 11) is 3.13. The van der Waals surface area contributed by atoms with Crippen LogP contribution in [0.5, 0.6) is 11.5 Å². The van der Waals surface area contributed by atoms with E-state index in [0.29, 0.717) is 17.2 Å². The molecule has 2 aromatic carbocycles. The number of carbonyl (C=O) groups excluding carboxylic acids is 1. The molecular formula is C18H19BrN2O4. The number of hydrogen-bond donors (Lipinski definition) is 1. The zero-order valence-electron chi connectivity index (χ0n) is 14.2. The van der Waals surface area contributed by atoms with Gasteiger partial charge in [0.05, 0.1) is 20.4 Å². The summed E-state index contributed by atoms with van der Waals surface area (Å²) in [6.07, 6.45) is 1.50. The van der Waals surface area contributed by atoms with Gasteiger partial charge in [-0.15, -0.1) is 0 Å². The van der Waals surface area contributed by atoms with Crippen molar-refractivity contribution in [3.63, 3.8) is 0 Å². The van der Waals surface area contributed by atoms with Crippen LogP contribution in [0.25, 0.3) is 0 Å². The van der Waals surface area contributed by atoms with Gasteiger partial charge in [0, 0.05) is 15.7 Å². The van der Waals surface area contributed by atoms with E-state index in [1.807, 2.05) is 25.1 Å². The van der Waals surface area contributed by atoms with Gasteiger partial charge >= 0.3 is 0 Å². The molecule has 0 bridgehead atoms. The van der Waals surface area contributed by atoms with Crippen LogP contribution in [-0.2, 0) is 9.63 Å². The Morgan fingerprint density at radius 1 is 1.16 bits per heavy atom. The van der Waals surface area contributed by atoms with Gasteiger partial charge in [-0.05, 0) is 48.9 Å². The fraction of sp³-hybridized carbons (Fsp3) is 0.222. The standard InChI is InChI=1S/C18H19BrN2O4/c1-12-8-14(5-6-15(12)19)21-18(22)11-25-20-10-13-4-7-16(23-2)17(9-13)24-3/h4-10H,11H2,1-3H3,(H,21,22)/b20-10+. The molecule has 1 N–H and O–H groups in total. The Kier molecular flexibility index (Phi) is 6.82. The van der Waals surface area contributed by atoms with Crippen LogP contribution in [0.3, 0.4) is 0 Å². The predicted octanol–water partition coefficient (Wildman–Crippen LogP) is 3.76. The number of benzene rings is 2. The van der Waals surface area contributed by atoms with E-state index in [2.05, 4.69) is 26.4 Å². The lowest BCUT2D eigenvalue weighted by atomic mass is 10.2. The monoisotopic (exact) mass is 406 g/mol. The molecule has 7 heteroatoms. The summed E-state index contributed by atoms with van der Waals surface area (Å²) in [5.41, 5.74) is 2.50. The van der Waals surface area contributed by atoms with Gasteiger partial charge in [0.1, 0.15) is 0 Å². The average molecular weight is 407 g/mol. The highest BCUT2D eigenvalue weighted by molar-refractivity contribution is 9.10. The largest absolute Gasteiger partial charge is 0.493 e. The van der Waals surface area contributed by atoms with Crippen LogP contribution in [0.4, 0.5) is 5.69 Å². The van der Waals surface area contributed by atoms with Gasteiger partial charge < -0.3 is 19.6 Å². The molecule has 25 heavy (non-hydrogen) atoms. The first-order chi connectivity index (χ1) is 12.0. The van der Waals surface area contributed by atoms with Crippen molar-refractivity contribution < 1.29 is 19.1 Å². The minimum atomic E-state index is -0.286. The maximum atomic E-state index is 11.8. The first-order valence-corrected chi connectivity index (χ1v) is 8.26. The molecule has 1 amide bonds. The van der Waals surface area contributed by atoms with Gasteiger partial charge in [-0.3, -0.25) is 4.79 Å². The van der Waals surface area contributed by atoms with Gasteiger partial charge in [-0.1, -0.05) is 21.1 Å². The molecule has 2 rings (SSSR count). The number of nitrogens with zero attached hydrogens (tertiary/aromatic N) is 1. The Hall–Kier alpha value is -2.54. The minimum absolute atomic E-state index is 0.182. The number of oxime groups is 1. The van der Waals surface area contributed by atoms with E-state index in [4.69, 9.17) is 14.3 Å². The summed E-state index contributed by atoms with van der Waals surface area (Å²) >= 11 is 3.41. The average Bonchev–Trinajstić information content (AvgIpc) is 2.61. The molecule has 0 atom stereocenters. The second-order valence-corrected chi connectivity index (χ2v) is 5.99. The Labute approximate surface area is 154 Å². The van der Waals surface area contributed by atoms with Crippen LogP contribution in [0.15, 0.2) is 46.0 Å². The second kappa shape index (κ2) is 9.08. The fourth-order valence-electron chi connectivity index (χ4n) is 2.05. The summed E-state index contributed by atoms with van der Waals surface area (Å²) in [5.74, 6) is 0.936. The summed E-state index contributed by atoms with van der Waals surface area (Å²) in [4.78, 5) is 16.9. The third-order valence-electron chi connectivity index (χ3n) is 3.32. The van der Waals surface area contributed by atoms with E-state index in [-0.39, 0.29) is 12.5 Å². The summed E-state index contributed by atoms with van der Waals surface area (Å²) in [6, 6.07) is 10.9. The fourth-order valence-corrected chi connectivity index (χ4v) is 2.29. The molecule has 132 valence electrons. The van der Waals surface area contributed by atoms with Crippen LogP contribution in [-0.4, -0.2) is 32.9 Å². The van der Waals surface area contributed by atoms with Gasteiger partial charge in [-0.25, -0.2) is 0 Å². The number of halogens is 1. The van der Waals surface area contributed by atoms with Gasteiger partial charge in [-0.2, -0.15) is 0 Å². The second-order valence-electron chi connectivity index (χ2n) is 5.13. The lowest BCUT2D eigenvalue weighted by molar-refractivity contribution is -0.120. The number of aryl methyl sites for hydroxylation is 1. The van der Waals surface area contributed by atoms with Crippen LogP contribution >= 0.6 is 15.9 Å². The van der Waals surface area contributed by atoms with E-state index in [1.165, 1.54) is 6.21 Å². The molecule has 0 fully saturated rings. The maximum Gasteiger partial charge on any atom is 0.265 e. The van der Waals surface area contributed by atoms with E-state index in [1.54, 1.807) is 32.4 Å². The van der Waals surface area contributed by atoms with Crippen LogP contribution in [0.2, 0.25) is 0 Å². The number of rotatable bonds is 7. The molecule has 0 saturated carbocycles. The smallest absolute Gasteiger partial charge is 0.265 e. The molecule has 0 saturated heterocycles. The normalized spacial score (nSPS) is 10.6. The van der Waals surface area contributed by atoms with Crippen molar-refractivity contribution >= 4 is 33.7 Å². The molecule has 0 spiro atoms. The van der Waals surface area contributed by atoms with Crippen molar-refractivity contribution in [3.8, 4) is 11.5 Å². The Morgan fingerprint density at radius 2 is 1.92 bits per heavy atom. The number of amides is 1. The van der Waals surface area contributed by atoms with Crippen molar-refractivity contribution in [3.05, 3.63) is 52.0 Å². The molecule has 6 nitrogen and oxygen atoms in total. The molecule has 2 aromatic rings. The Balaban J connectivity index is 1.86. The highest BCUT2D eigenvalue weighted by Crippen LogP contribution is 2.26. The summed E-state index contributed by atoms with van der Waals surface area (Å²) in [6.45, 7) is 1.77. The first kappa shape index (κ1) is 18.8. The van der Waals surface area contributed by atoms with Crippen LogP contribution < -0.4 is 14.8 Å². The minimum Gasteiger partial charge on any atom is -0.493 e. The van der Waals surface area contributed by atoms with E-state index < -0.39 is 0 Å².